The highest BCUT2D eigenvalue weighted by atomic mass is 19.4. The zero-order valence-electron chi connectivity index (χ0n) is 10.5. The second-order valence-corrected chi connectivity index (χ2v) is 4.30. The fraction of sp³-hybridized carbons (Fsp3) is 0.636. The standard InChI is InChI=1S/C11H15F3N2O4/c1-2-5-20-15-7-3-4-8(9(17)18)16(6-7)10(19)11(12,13)14/h2,7-8,15H,1,3-6H2,(H,17,18)/t7-,8+/m0/s1. The minimum atomic E-state index is -5.10. The van der Waals surface area contributed by atoms with Crippen LogP contribution >= 0.6 is 0 Å². The molecule has 0 unspecified atom stereocenters. The van der Waals surface area contributed by atoms with Crippen molar-refractivity contribution in [2.24, 2.45) is 0 Å². The van der Waals surface area contributed by atoms with Gasteiger partial charge in [-0.05, 0) is 12.8 Å². The SMILES string of the molecule is C=CCON[C@H]1CC[C@H](C(=O)O)N(C(=O)C(F)(F)F)C1. The first kappa shape index (κ1) is 16.4. The number of hydroxylamine groups is 1. The number of rotatable bonds is 5. The smallest absolute Gasteiger partial charge is 0.471 e. The monoisotopic (exact) mass is 296 g/mol. The van der Waals surface area contributed by atoms with Crippen molar-refractivity contribution in [1.82, 2.24) is 10.4 Å². The van der Waals surface area contributed by atoms with Crippen molar-refractivity contribution in [2.45, 2.75) is 31.1 Å². The number of likely N-dealkylation sites (tertiary alicyclic amines) is 1. The Kier molecular flexibility index (Phi) is 5.52. The predicted octanol–water partition coefficient (Wildman–Crippen LogP) is 0.700. The van der Waals surface area contributed by atoms with E-state index in [4.69, 9.17) is 9.94 Å². The van der Waals surface area contributed by atoms with Gasteiger partial charge in [0.05, 0.1) is 6.61 Å². The minimum Gasteiger partial charge on any atom is -0.480 e. The number of hydrogen-bond acceptors (Lipinski definition) is 4. The van der Waals surface area contributed by atoms with Gasteiger partial charge in [-0.15, -0.1) is 6.58 Å². The lowest BCUT2D eigenvalue weighted by molar-refractivity contribution is -0.192. The highest BCUT2D eigenvalue weighted by Crippen LogP contribution is 2.25. The number of carbonyl (C=O) groups excluding carboxylic acids is 1. The van der Waals surface area contributed by atoms with Gasteiger partial charge < -0.3 is 10.0 Å². The number of halogens is 3. The number of piperidine rings is 1. The molecule has 1 aliphatic heterocycles. The molecule has 0 bridgehead atoms. The summed E-state index contributed by atoms with van der Waals surface area (Å²) in [4.78, 5) is 27.4. The molecule has 1 rings (SSSR count). The molecule has 2 atom stereocenters. The molecule has 114 valence electrons. The average molecular weight is 296 g/mol. The highest BCUT2D eigenvalue weighted by molar-refractivity contribution is 5.87. The van der Waals surface area contributed by atoms with E-state index in [0.717, 1.165) is 0 Å². The first-order valence-corrected chi connectivity index (χ1v) is 5.86. The summed E-state index contributed by atoms with van der Waals surface area (Å²) in [6.07, 6.45) is -3.45. The second kappa shape index (κ2) is 6.71. The fourth-order valence-electron chi connectivity index (χ4n) is 1.94. The van der Waals surface area contributed by atoms with Crippen molar-refractivity contribution in [3.63, 3.8) is 0 Å². The second-order valence-electron chi connectivity index (χ2n) is 4.30. The van der Waals surface area contributed by atoms with Gasteiger partial charge in [-0.2, -0.15) is 18.7 Å². The summed E-state index contributed by atoms with van der Waals surface area (Å²) in [6, 6.07) is -2.03. The molecule has 0 aromatic rings. The van der Waals surface area contributed by atoms with E-state index in [1.165, 1.54) is 6.08 Å². The number of carboxylic acid groups (broad SMARTS) is 1. The number of hydrogen-bond donors (Lipinski definition) is 2. The van der Waals surface area contributed by atoms with Gasteiger partial charge in [-0.3, -0.25) is 9.63 Å². The Hall–Kier alpha value is -1.61. The summed E-state index contributed by atoms with van der Waals surface area (Å²) in [7, 11) is 0. The van der Waals surface area contributed by atoms with Crippen LogP contribution in [0.2, 0.25) is 0 Å². The maximum absolute atomic E-state index is 12.5. The van der Waals surface area contributed by atoms with Gasteiger partial charge in [0.15, 0.2) is 0 Å². The molecule has 0 aliphatic carbocycles. The van der Waals surface area contributed by atoms with Gasteiger partial charge in [0.25, 0.3) is 0 Å². The molecule has 1 fully saturated rings. The maximum Gasteiger partial charge on any atom is 0.471 e. The number of nitrogens with zero attached hydrogens (tertiary/aromatic N) is 1. The van der Waals surface area contributed by atoms with Crippen LogP contribution in [0.5, 0.6) is 0 Å². The van der Waals surface area contributed by atoms with Crippen LogP contribution in [0.4, 0.5) is 13.2 Å². The number of carbonyl (C=O) groups is 2. The molecule has 20 heavy (non-hydrogen) atoms. The Morgan fingerprint density at radius 3 is 2.60 bits per heavy atom. The number of aliphatic carboxylic acids is 1. The third-order valence-electron chi connectivity index (χ3n) is 2.82. The van der Waals surface area contributed by atoms with Crippen molar-refractivity contribution >= 4 is 11.9 Å². The molecule has 0 aromatic carbocycles. The van der Waals surface area contributed by atoms with Crippen LogP contribution in [0.15, 0.2) is 12.7 Å². The summed E-state index contributed by atoms with van der Waals surface area (Å²) in [5, 5.41) is 8.90. The van der Waals surface area contributed by atoms with Crippen molar-refractivity contribution in [3.05, 3.63) is 12.7 Å². The first-order chi connectivity index (χ1) is 9.27. The zero-order chi connectivity index (χ0) is 15.3. The lowest BCUT2D eigenvalue weighted by Crippen LogP contribution is -2.58. The lowest BCUT2D eigenvalue weighted by atomic mass is 9.98. The molecule has 1 aliphatic rings. The van der Waals surface area contributed by atoms with E-state index < -0.39 is 30.1 Å². The molecule has 1 saturated heterocycles. The normalized spacial score (nSPS) is 23.4. The number of carboxylic acids is 1. The Balaban J connectivity index is 2.74. The van der Waals surface area contributed by atoms with E-state index in [-0.39, 0.29) is 26.0 Å². The molecule has 0 spiro atoms. The molecular formula is C11H15F3N2O4. The van der Waals surface area contributed by atoms with Gasteiger partial charge in [0, 0.05) is 12.6 Å². The number of alkyl halides is 3. The Labute approximate surface area is 113 Å². The van der Waals surface area contributed by atoms with Crippen molar-refractivity contribution in [3.8, 4) is 0 Å². The van der Waals surface area contributed by atoms with E-state index in [9.17, 15) is 22.8 Å². The molecule has 2 N–H and O–H groups in total. The third kappa shape index (κ3) is 4.20. The Morgan fingerprint density at radius 1 is 1.45 bits per heavy atom. The largest absolute Gasteiger partial charge is 0.480 e. The van der Waals surface area contributed by atoms with Crippen molar-refractivity contribution < 1.29 is 32.7 Å². The summed E-state index contributed by atoms with van der Waals surface area (Å²) in [5.74, 6) is -3.60. The van der Waals surface area contributed by atoms with Crippen LogP contribution in [-0.4, -0.2) is 53.3 Å². The van der Waals surface area contributed by atoms with Crippen LogP contribution in [0.1, 0.15) is 12.8 Å². The van der Waals surface area contributed by atoms with Crippen LogP contribution in [0.25, 0.3) is 0 Å². The molecule has 9 heteroatoms. The predicted molar refractivity (Wildman–Crippen MR) is 61.5 cm³/mol. The van der Waals surface area contributed by atoms with E-state index in [1.54, 1.807) is 0 Å². The topological polar surface area (TPSA) is 78.9 Å². The van der Waals surface area contributed by atoms with Gasteiger partial charge >= 0.3 is 18.1 Å². The summed E-state index contributed by atoms with van der Waals surface area (Å²) < 4.78 is 37.4. The van der Waals surface area contributed by atoms with Crippen LogP contribution in [-0.2, 0) is 14.4 Å². The maximum atomic E-state index is 12.5. The number of amides is 1. The van der Waals surface area contributed by atoms with Gasteiger partial charge in [0.2, 0.25) is 0 Å². The van der Waals surface area contributed by atoms with Crippen LogP contribution in [0.3, 0.4) is 0 Å². The van der Waals surface area contributed by atoms with Gasteiger partial charge in [-0.1, -0.05) is 6.08 Å². The fourth-order valence-corrected chi connectivity index (χ4v) is 1.94. The number of nitrogens with one attached hydrogen (secondary N) is 1. The molecule has 1 heterocycles. The summed E-state index contributed by atoms with van der Waals surface area (Å²) in [5.41, 5.74) is 2.49. The van der Waals surface area contributed by atoms with Crippen molar-refractivity contribution in [2.75, 3.05) is 13.2 Å². The molecule has 0 aromatic heterocycles. The van der Waals surface area contributed by atoms with E-state index in [0.29, 0.717) is 4.90 Å². The van der Waals surface area contributed by atoms with E-state index in [1.807, 2.05) is 0 Å². The third-order valence-corrected chi connectivity index (χ3v) is 2.82. The quantitative estimate of drug-likeness (QED) is 0.443. The average Bonchev–Trinajstić information content (AvgIpc) is 2.36. The molecule has 0 saturated carbocycles. The molecule has 0 radical (unpaired) electrons. The minimum absolute atomic E-state index is 0.0771. The Bertz CT molecular complexity index is 386. The van der Waals surface area contributed by atoms with E-state index >= 15 is 0 Å². The zero-order valence-corrected chi connectivity index (χ0v) is 10.5. The lowest BCUT2D eigenvalue weighted by Gasteiger charge is -2.37. The van der Waals surface area contributed by atoms with Gasteiger partial charge in [-0.25, -0.2) is 4.79 Å². The van der Waals surface area contributed by atoms with Gasteiger partial charge in [0.1, 0.15) is 6.04 Å². The van der Waals surface area contributed by atoms with Crippen LogP contribution in [0, 0.1) is 0 Å². The van der Waals surface area contributed by atoms with Crippen LogP contribution < -0.4 is 5.48 Å². The van der Waals surface area contributed by atoms with E-state index in [2.05, 4.69) is 12.1 Å². The summed E-state index contributed by atoms with van der Waals surface area (Å²) in [6.45, 7) is 3.16. The van der Waals surface area contributed by atoms with Crippen molar-refractivity contribution in [1.29, 1.82) is 0 Å². The Morgan fingerprint density at radius 2 is 2.10 bits per heavy atom. The summed E-state index contributed by atoms with van der Waals surface area (Å²) >= 11 is 0. The highest BCUT2D eigenvalue weighted by Gasteiger charge is 2.48. The molecule has 1 amide bonds. The molecule has 6 nitrogen and oxygen atoms in total. The first-order valence-electron chi connectivity index (χ1n) is 5.86. The molecular weight excluding hydrogens is 281 g/mol.